The van der Waals surface area contributed by atoms with E-state index in [0.717, 1.165) is 18.2 Å². The van der Waals surface area contributed by atoms with Crippen LogP contribution in [0.3, 0.4) is 0 Å². The van der Waals surface area contributed by atoms with Crippen LogP contribution in [0.2, 0.25) is 0 Å². The zero-order valence-electron chi connectivity index (χ0n) is 10.1. The minimum Gasteiger partial charge on any atom is -0.394 e. The summed E-state index contributed by atoms with van der Waals surface area (Å²) >= 11 is 0. The van der Waals surface area contributed by atoms with Crippen molar-refractivity contribution in [2.45, 2.75) is 12.5 Å². The third-order valence-corrected chi connectivity index (χ3v) is 2.61. The minimum atomic E-state index is -0.979. The third kappa shape index (κ3) is 3.75. The number of hydrogen-bond donors (Lipinski definition) is 2. The van der Waals surface area contributed by atoms with Crippen LogP contribution in [0.25, 0.3) is 0 Å². The normalized spacial score (nSPS) is 12.3. The van der Waals surface area contributed by atoms with Crippen molar-refractivity contribution in [1.82, 2.24) is 4.90 Å². The molecule has 6 heteroatoms. The van der Waals surface area contributed by atoms with Crippen molar-refractivity contribution in [3.8, 4) is 0 Å². The van der Waals surface area contributed by atoms with E-state index in [1.165, 1.54) is 11.9 Å². The van der Waals surface area contributed by atoms with Gasteiger partial charge < -0.3 is 15.7 Å². The molecule has 0 saturated heterocycles. The Kier molecular flexibility index (Phi) is 5.18. The van der Waals surface area contributed by atoms with Crippen molar-refractivity contribution in [2.75, 3.05) is 20.2 Å². The Bertz CT molecular complexity index is 427. The minimum absolute atomic E-state index is 0.185. The summed E-state index contributed by atoms with van der Waals surface area (Å²) in [5, 5.41) is 8.74. The van der Waals surface area contributed by atoms with E-state index in [1.54, 1.807) is 0 Å². The number of hydrogen-bond acceptors (Lipinski definition) is 3. The lowest BCUT2D eigenvalue weighted by atomic mass is 10.1. The van der Waals surface area contributed by atoms with Crippen molar-refractivity contribution >= 4 is 5.91 Å². The number of aliphatic hydroxyl groups excluding tert-OH is 1. The molecule has 1 atom stereocenters. The molecule has 0 heterocycles. The zero-order valence-corrected chi connectivity index (χ0v) is 10.1. The van der Waals surface area contributed by atoms with Gasteiger partial charge in [-0.15, -0.1) is 0 Å². The standard InChI is InChI=1S/C12H16F2N2O2/c1-16(12(18)11(15)7-17)5-4-8-6-9(13)2-3-10(8)14/h2-3,6,11,17H,4-5,7,15H2,1H3. The second-order valence-electron chi connectivity index (χ2n) is 4.03. The molecular formula is C12H16F2N2O2. The molecule has 1 unspecified atom stereocenters. The number of benzene rings is 1. The van der Waals surface area contributed by atoms with Crippen LogP contribution in [-0.2, 0) is 11.2 Å². The molecule has 1 amide bonds. The highest BCUT2D eigenvalue weighted by atomic mass is 19.1. The summed E-state index contributed by atoms with van der Waals surface area (Å²) in [5.74, 6) is -1.47. The first-order valence-corrected chi connectivity index (χ1v) is 5.51. The molecule has 18 heavy (non-hydrogen) atoms. The van der Waals surface area contributed by atoms with E-state index in [9.17, 15) is 13.6 Å². The number of rotatable bonds is 5. The summed E-state index contributed by atoms with van der Waals surface area (Å²) < 4.78 is 26.2. The molecule has 0 aliphatic heterocycles. The highest BCUT2D eigenvalue weighted by molar-refractivity contribution is 5.81. The molecule has 0 fully saturated rings. The maximum absolute atomic E-state index is 13.3. The largest absolute Gasteiger partial charge is 0.394 e. The lowest BCUT2D eigenvalue weighted by Crippen LogP contribution is -2.44. The molecule has 0 aliphatic carbocycles. The predicted octanol–water partition coefficient (Wildman–Crippen LogP) is 0.285. The van der Waals surface area contributed by atoms with Crippen molar-refractivity contribution in [3.05, 3.63) is 35.4 Å². The molecule has 100 valence electrons. The fourth-order valence-corrected chi connectivity index (χ4v) is 1.49. The molecule has 1 aromatic rings. The Morgan fingerprint density at radius 2 is 2.17 bits per heavy atom. The molecule has 3 N–H and O–H groups in total. The molecule has 1 rings (SSSR count). The van der Waals surface area contributed by atoms with Gasteiger partial charge >= 0.3 is 0 Å². The molecular weight excluding hydrogens is 242 g/mol. The monoisotopic (exact) mass is 258 g/mol. The number of nitrogens with zero attached hydrogens (tertiary/aromatic N) is 1. The summed E-state index contributed by atoms with van der Waals surface area (Å²) in [7, 11) is 1.50. The fraction of sp³-hybridized carbons (Fsp3) is 0.417. The Hall–Kier alpha value is -1.53. The van der Waals surface area contributed by atoms with Gasteiger partial charge in [-0.1, -0.05) is 0 Å². The lowest BCUT2D eigenvalue weighted by Gasteiger charge is -2.20. The molecule has 0 aliphatic rings. The van der Waals surface area contributed by atoms with Gasteiger partial charge in [0.2, 0.25) is 5.91 Å². The Morgan fingerprint density at radius 3 is 2.78 bits per heavy atom. The van der Waals surface area contributed by atoms with Gasteiger partial charge in [0.05, 0.1) is 6.61 Å². The smallest absolute Gasteiger partial charge is 0.241 e. The Morgan fingerprint density at radius 1 is 1.50 bits per heavy atom. The quantitative estimate of drug-likeness (QED) is 0.797. The average Bonchev–Trinajstić information content (AvgIpc) is 2.37. The van der Waals surface area contributed by atoms with Gasteiger partial charge in [0.25, 0.3) is 0 Å². The van der Waals surface area contributed by atoms with Crippen LogP contribution in [-0.4, -0.2) is 42.2 Å². The van der Waals surface area contributed by atoms with Crippen LogP contribution in [0, 0.1) is 11.6 Å². The lowest BCUT2D eigenvalue weighted by molar-refractivity contribution is -0.132. The second kappa shape index (κ2) is 6.42. The molecule has 1 aromatic carbocycles. The number of amides is 1. The summed E-state index contributed by atoms with van der Waals surface area (Å²) in [6, 6.07) is 2.20. The summed E-state index contributed by atoms with van der Waals surface area (Å²) in [6.07, 6.45) is 0.185. The predicted molar refractivity (Wildman–Crippen MR) is 62.8 cm³/mol. The van der Waals surface area contributed by atoms with Crippen LogP contribution in [0.4, 0.5) is 8.78 Å². The van der Waals surface area contributed by atoms with E-state index in [4.69, 9.17) is 10.8 Å². The number of nitrogens with two attached hydrogens (primary N) is 1. The fourth-order valence-electron chi connectivity index (χ4n) is 1.49. The first kappa shape index (κ1) is 14.5. The van der Waals surface area contributed by atoms with Crippen molar-refractivity contribution in [1.29, 1.82) is 0 Å². The Labute approximate surface area is 104 Å². The third-order valence-electron chi connectivity index (χ3n) is 2.61. The topological polar surface area (TPSA) is 66.6 Å². The van der Waals surface area contributed by atoms with E-state index in [-0.39, 0.29) is 18.5 Å². The first-order chi connectivity index (χ1) is 8.45. The van der Waals surface area contributed by atoms with Crippen molar-refractivity contribution in [3.63, 3.8) is 0 Å². The highest BCUT2D eigenvalue weighted by Gasteiger charge is 2.17. The number of carbonyl (C=O) groups is 1. The summed E-state index contributed by atoms with van der Waals surface area (Å²) in [4.78, 5) is 12.8. The summed E-state index contributed by atoms with van der Waals surface area (Å²) in [5.41, 5.74) is 5.57. The van der Waals surface area contributed by atoms with Gasteiger partial charge in [0, 0.05) is 13.6 Å². The van der Waals surface area contributed by atoms with Gasteiger partial charge in [-0.05, 0) is 30.2 Å². The van der Waals surface area contributed by atoms with E-state index in [2.05, 4.69) is 0 Å². The van der Waals surface area contributed by atoms with Crippen LogP contribution >= 0.6 is 0 Å². The van der Waals surface area contributed by atoms with Gasteiger partial charge in [-0.25, -0.2) is 8.78 Å². The van der Waals surface area contributed by atoms with E-state index < -0.39 is 30.2 Å². The van der Waals surface area contributed by atoms with Crippen LogP contribution in [0.5, 0.6) is 0 Å². The van der Waals surface area contributed by atoms with Crippen LogP contribution in [0.1, 0.15) is 5.56 Å². The maximum Gasteiger partial charge on any atom is 0.241 e. The number of aliphatic hydroxyl groups is 1. The van der Waals surface area contributed by atoms with Crippen LogP contribution < -0.4 is 5.73 Å². The number of carbonyl (C=O) groups excluding carboxylic acids is 1. The van der Waals surface area contributed by atoms with Crippen molar-refractivity contribution in [2.24, 2.45) is 5.73 Å². The second-order valence-corrected chi connectivity index (χ2v) is 4.03. The Balaban J connectivity index is 2.59. The molecule has 0 bridgehead atoms. The number of halogens is 2. The average molecular weight is 258 g/mol. The van der Waals surface area contributed by atoms with Crippen molar-refractivity contribution < 1.29 is 18.7 Å². The highest BCUT2D eigenvalue weighted by Crippen LogP contribution is 2.10. The number of likely N-dealkylation sites (N-methyl/N-ethyl adjacent to an activating group) is 1. The van der Waals surface area contributed by atoms with E-state index in [0.29, 0.717) is 0 Å². The van der Waals surface area contributed by atoms with E-state index >= 15 is 0 Å². The molecule has 0 spiro atoms. The molecule has 4 nitrogen and oxygen atoms in total. The maximum atomic E-state index is 13.3. The molecule has 0 saturated carbocycles. The van der Waals surface area contributed by atoms with Gasteiger partial charge in [0.1, 0.15) is 17.7 Å². The SMILES string of the molecule is CN(CCc1cc(F)ccc1F)C(=O)C(N)CO. The van der Waals surface area contributed by atoms with Gasteiger partial charge in [-0.2, -0.15) is 0 Å². The zero-order chi connectivity index (χ0) is 13.7. The first-order valence-electron chi connectivity index (χ1n) is 5.51. The van der Waals surface area contributed by atoms with Crippen LogP contribution in [0.15, 0.2) is 18.2 Å². The van der Waals surface area contributed by atoms with E-state index in [1.807, 2.05) is 0 Å². The molecule has 0 radical (unpaired) electrons. The molecule has 0 aromatic heterocycles. The van der Waals surface area contributed by atoms with Gasteiger partial charge in [0.15, 0.2) is 0 Å². The van der Waals surface area contributed by atoms with Gasteiger partial charge in [-0.3, -0.25) is 4.79 Å². The summed E-state index contributed by atoms with van der Waals surface area (Å²) in [6.45, 7) is -0.246.